The first-order valence-electron chi connectivity index (χ1n) is 11.5. The molecule has 0 radical (unpaired) electrons. The Morgan fingerprint density at radius 3 is 2.25 bits per heavy atom. The third kappa shape index (κ3) is 5.11. The van der Waals surface area contributed by atoms with Crippen molar-refractivity contribution in [2.24, 2.45) is 5.92 Å². The zero-order valence-electron chi connectivity index (χ0n) is 19.3. The molecule has 2 N–H and O–H groups in total. The molecule has 5 nitrogen and oxygen atoms in total. The van der Waals surface area contributed by atoms with Crippen LogP contribution in [0.15, 0.2) is 36.4 Å². The van der Waals surface area contributed by atoms with E-state index in [-0.39, 0.29) is 25.9 Å². The van der Waals surface area contributed by atoms with Gasteiger partial charge in [0.25, 0.3) is 0 Å². The van der Waals surface area contributed by atoms with Crippen LogP contribution in [-0.2, 0) is 23.6 Å². The van der Waals surface area contributed by atoms with Crippen LogP contribution >= 0.6 is 0 Å². The fourth-order valence-corrected chi connectivity index (χ4v) is 4.84. The molecule has 0 bridgehead atoms. The van der Waals surface area contributed by atoms with Gasteiger partial charge in [-0.25, -0.2) is 0 Å². The van der Waals surface area contributed by atoms with E-state index in [0.717, 1.165) is 5.56 Å². The van der Waals surface area contributed by atoms with Gasteiger partial charge < -0.3 is 19.8 Å². The van der Waals surface area contributed by atoms with Gasteiger partial charge in [0, 0.05) is 31.6 Å². The molecule has 0 aromatic heterocycles. The Kier molecular flexibility index (Phi) is 6.65. The van der Waals surface area contributed by atoms with E-state index in [9.17, 15) is 41.4 Å². The van der Waals surface area contributed by atoms with E-state index in [0.29, 0.717) is 42.4 Å². The highest BCUT2D eigenvalue weighted by molar-refractivity contribution is 5.70. The van der Waals surface area contributed by atoms with Crippen molar-refractivity contribution in [3.63, 3.8) is 0 Å². The molecule has 196 valence electrons. The smallest absolute Gasteiger partial charge is 0.418 e. The van der Waals surface area contributed by atoms with Crippen LogP contribution < -0.4 is 9.64 Å². The Bertz CT molecular complexity index is 1140. The van der Waals surface area contributed by atoms with Gasteiger partial charge in [-0.15, -0.1) is 0 Å². The van der Waals surface area contributed by atoms with Gasteiger partial charge in [0.05, 0.1) is 23.1 Å². The topological polar surface area (TPSA) is 70.0 Å². The lowest BCUT2D eigenvalue weighted by Gasteiger charge is -2.45. The minimum Gasteiger partial charge on any atom is -0.487 e. The van der Waals surface area contributed by atoms with Gasteiger partial charge in [0.1, 0.15) is 11.4 Å². The van der Waals surface area contributed by atoms with Gasteiger partial charge in [0.15, 0.2) is 0 Å². The average molecular weight is 517 g/mol. The summed E-state index contributed by atoms with van der Waals surface area (Å²) in [6.07, 6.45) is -9.06. The number of alkyl halides is 6. The number of carboxylic acid groups (broad SMARTS) is 1. The van der Waals surface area contributed by atoms with Crippen molar-refractivity contribution in [1.29, 1.82) is 0 Å². The molecule has 2 atom stereocenters. The van der Waals surface area contributed by atoms with Crippen molar-refractivity contribution >= 4 is 11.7 Å². The van der Waals surface area contributed by atoms with E-state index in [1.54, 1.807) is 18.2 Å². The van der Waals surface area contributed by atoms with Crippen LogP contribution in [-0.4, -0.2) is 34.9 Å². The van der Waals surface area contributed by atoms with Crippen LogP contribution in [0.1, 0.15) is 54.5 Å². The monoisotopic (exact) mass is 517 g/mol. The molecule has 2 heterocycles. The number of hydrogen-bond donors (Lipinski definition) is 2. The first-order chi connectivity index (χ1) is 16.7. The van der Waals surface area contributed by atoms with Crippen LogP contribution in [0.3, 0.4) is 0 Å². The Hall–Kier alpha value is -2.95. The summed E-state index contributed by atoms with van der Waals surface area (Å²) in [5, 5.41) is 19.6. The minimum absolute atomic E-state index is 0.0675. The summed E-state index contributed by atoms with van der Waals surface area (Å²) < 4.78 is 86.6. The maximum Gasteiger partial charge on any atom is 0.418 e. The predicted molar refractivity (Wildman–Crippen MR) is 118 cm³/mol. The standard InChI is InChI=1S/C25H25F6NO4/c1-14(22(34)35)21(33)16-3-2-15-6-7-23(36-20(15)12-16)8-10-32(11-9-23)19-13-17(24(26,27)28)4-5-18(19)25(29,30)31/h2-5,12-14,21,33H,6-11H2,1H3,(H,34,35)/t14-,21+/m0/s1. The number of aryl methyl sites for hydroxylation is 1. The number of piperidine rings is 1. The van der Waals surface area contributed by atoms with Crippen LogP contribution in [0.4, 0.5) is 32.0 Å². The molecule has 1 fully saturated rings. The Morgan fingerprint density at radius 1 is 1.00 bits per heavy atom. The summed E-state index contributed by atoms with van der Waals surface area (Å²) in [6.45, 7) is 1.52. The number of hydrogen-bond acceptors (Lipinski definition) is 4. The summed E-state index contributed by atoms with van der Waals surface area (Å²) in [5.41, 5.74) is -2.25. The highest BCUT2D eigenvalue weighted by atomic mass is 19.4. The average Bonchev–Trinajstić information content (AvgIpc) is 2.81. The lowest BCUT2D eigenvalue weighted by atomic mass is 9.82. The Morgan fingerprint density at radius 2 is 1.67 bits per heavy atom. The number of carbonyl (C=O) groups is 1. The highest BCUT2D eigenvalue weighted by Gasteiger charge is 2.43. The number of aliphatic carboxylic acids is 1. The molecule has 2 aliphatic rings. The van der Waals surface area contributed by atoms with Crippen molar-refractivity contribution in [1.82, 2.24) is 0 Å². The van der Waals surface area contributed by atoms with E-state index in [2.05, 4.69) is 0 Å². The quantitative estimate of drug-likeness (QED) is 0.499. The first kappa shape index (κ1) is 26.1. The molecule has 0 unspecified atom stereocenters. The molecular weight excluding hydrogens is 492 g/mol. The molecule has 1 saturated heterocycles. The van der Waals surface area contributed by atoms with Crippen molar-refractivity contribution in [2.45, 2.75) is 56.7 Å². The number of fused-ring (bicyclic) bond motifs is 1. The minimum atomic E-state index is -4.81. The van der Waals surface area contributed by atoms with Crippen LogP contribution in [0.25, 0.3) is 0 Å². The Balaban J connectivity index is 1.55. The molecule has 4 rings (SSSR count). The molecule has 11 heteroatoms. The van der Waals surface area contributed by atoms with Crippen LogP contribution in [0, 0.1) is 5.92 Å². The number of anilines is 1. The van der Waals surface area contributed by atoms with E-state index in [4.69, 9.17) is 4.74 Å². The van der Waals surface area contributed by atoms with E-state index < -0.39 is 52.8 Å². The predicted octanol–water partition coefficient (Wildman–Crippen LogP) is 5.84. The Labute approximate surface area is 203 Å². The summed E-state index contributed by atoms with van der Waals surface area (Å²) in [4.78, 5) is 12.5. The SMILES string of the molecule is C[C@H](C(=O)O)[C@@H](O)c1ccc2c(c1)OC1(CC2)CCN(c2cc(C(F)(F)F)ccc2C(F)(F)F)CC1. The zero-order valence-corrected chi connectivity index (χ0v) is 19.3. The summed E-state index contributed by atoms with van der Waals surface area (Å²) >= 11 is 0. The van der Waals surface area contributed by atoms with Crippen LogP contribution in [0.2, 0.25) is 0 Å². The summed E-state index contributed by atoms with van der Waals surface area (Å²) in [5.74, 6) is -1.73. The van der Waals surface area contributed by atoms with Gasteiger partial charge in [0.2, 0.25) is 0 Å². The lowest BCUT2D eigenvalue weighted by Crippen LogP contribution is -2.50. The summed E-state index contributed by atoms with van der Waals surface area (Å²) in [6, 6.07) is 6.44. The fraction of sp³-hybridized carbons (Fsp3) is 0.480. The number of benzene rings is 2. The largest absolute Gasteiger partial charge is 0.487 e. The van der Waals surface area contributed by atoms with Crippen molar-refractivity contribution in [2.75, 3.05) is 18.0 Å². The number of aliphatic hydroxyl groups is 1. The fourth-order valence-electron chi connectivity index (χ4n) is 4.84. The molecule has 2 aliphatic heterocycles. The van der Waals surface area contributed by atoms with Crippen molar-refractivity contribution < 1.29 is 46.1 Å². The van der Waals surface area contributed by atoms with Crippen LogP contribution in [0.5, 0.6) is 5.75 Å². The molecule has 0 aliphatic carbocycles. The molecule has 1 spiro atoms. The summed E-state index contributed by atoms with van der Waals surface area (Å²) in [7, 11) is 0. The molecule has 2 aromatic rings. The van der Waals surface area contributed by atoms with Gasteiger partial charge in [-0.2, -0.15) is 26.3 Å². The van der Waals surface area contributed by atoms with E-state index in [1.807, 2.05) is 0 Å². The lowest BCUT2D eigenvalue weighted by molar-refractivity contribution is -0.145. The van der Waals surface area contributed by atoms with E-state index in [1.165, 1.54) is 11.8 Å². The second-order valence-corrected chi connectivity index (χ2v) is 9.44. The maximum atomic E-state index is 13.6. The second kappa shape index (κ2) is 9.17. The molecular formula is C25H25F6NO4. The van der Waals surface area contributed by atoms with Gasteiger partial charge in [-0.05, 0) is 55.2 Å². The third-order valence-electron chi connectivity index (χ3n) is 7.12. The van der Waals surface area contributed by atoms with Crippen molar-refractivity contribution in [3.8, 4) is 5.75 Å². The number of halogens is 6. The number of ether oxygens (including phenoxy) is 1. The third-order valence-corrected chi connectivity index (χ3v) is 7.12. The number of aliphatic hydroxyl groups excluding tert-OH is 1. The number of nitrogens with zero attached hydrogens (tertiary/aromatic N) is 1. The maximum absolute atomic E-state index is 13.6. The van der Waals surface area contributed by atoms with Crippen molar-refractivity contribution in [3.05, 3.63) is 58.7 Å². The molecule has 0 saturated carbocycles. The van der Waals surface area contributed by atoms with Gasteiger partial charge in [-0.3, -0.25) is 4.79 Å². The first-order valence-corrected chi connectivity index (χ1v) is 11.5. The van der Waals surface area contributed by atoms with E-state index >= 15 is 0 Å². The number of rotatable bonds is 4. The highest BCUT2D eigenvalue weighted by Crippen LogP contribution is 2.45. The van der Waals surface area contributed by atoms with Gasteiger partial charge >= 0.3 is 18.3 Å². The molecule has 0 amide bonds. The van der Waals surface area contributed by atoms with Gasteiger partial charge in [-0.1, -0.05) is 12.1 Å². The normalized spacial score (nSPS) is 19.4. The number of carboxylic acids is 1. The second-order valence-electron chi connectivity index (χ2n) is 9.44. The molecule has 36 heavy (non-hydrogen) atoms. The molecule has 2 aromatic carbocycles. The zero-order chi connectivity index (χ0) is 26.5.